The van der Waals surface area contributed by atoms with Gasteiger partial charge in [0.1, 0.15) is 11.3 Å². The van der Waals surface area contributed by atoms with Crippen LogP contribution in [0.25, 0.3) is 11.5 Å². The Balaban J connectivity index is 1.43. The van der Waals surface area contributed by atoms with Crippen molar-refractivity contribution in [3.05, 3.63) is 80.3 Å². The molecule has 1 aliphatic heterocycles. The number of furan rings is 1. The molecule has 1 saturated heterocycles. The molecule has 1 N–H and O–H groups in total. The van der Waals surface area contributed by atoms with Gasteiger partial charge in [-0.15, -0.1) is 0 Å². The van der Waals surface area contributed by atoms with Gasteiger partial charge < -0.3 is 19.2 Å². The first-order chi connectivity index (χ1) is 14.4. The number of rotatable bonds is 3. The number of hydrogen-bond acceptors (Lipinski definition) is 4. The molecule has 3 heterocycles. The quantitative estimate of drug-likeness (QED) is 0.667. The van der Waals surface area contributed by atoms with Crippen molar-refractivity contribution in [2.45, 2.75) is 0 Å². The monoisotopic (exact) mass is 445 g/mol. The Hall–Kier alpha value is -3.03. The number of benzene rings is 1. The molecule has 2 aromatic heterocycles. The number of halogens is 2. The van der Waals surface area contributed by atoms with Crippen molar-refractivity contribution in [1.82, 2.24) is 14.8 Å². The highest BCUT2D eigenvalue weighted by Gasteiger charge is 2.27. The van der Waals surface area contributed by atoms with Crippen LogP contribution >= 0.6 is 23.2 Å². The zero-order valence-corrected chi connectivity index (χ0v) is 17.2. The van der Waals surface area contributed by atoms with E-state index in [2.05, 4.69) is 4.98 Å². The van der Waals surface area contributed by atoms with Crippen LogP contribution in [0, 0.1) is 0 Å². The number of pyridine rings is 1. The Morgan fingerprint density at radius 1 is 0.900 bits per heavy atom. The number of nitrogens with zero attached hydrogens (tertiary/aromatic N) is 2. The third-order valence-electron chi connectivity index (χ3n) is 4.94. The molecule has 154 valence electrons. The second-order valence-corrected chi connectivity index (χ2v) is 7.64. The van der Waals surface area contributed by atoms with Crippen LogP contribution in [0.4, 0.5) is 0 Å². The zero-order valence-electron chi connectivity index (χ0n) is 15.7. The van der Waals surface area contributed by atoms with E-state index < -0.39 is 5.56 Å². The van der Waals surface area contributed by atoms with Gasteiger partial charge in [-0.05, 0) is 42.5 Å². The summed E-state index contributed by atoms with van der Waals surface area (Å²) in [5.41, 5.74) is 0.425. The number of nitrogens with one attached hydrogen (secondary N) is 1. The van der Waals surface area contributed by atoms with Crippen LogP contribution < -0.4 is 5.56 Å². The maximum Gasteiger partial charge on any atom is 0.261 e. The van der Waals surface area contributed by atoms with Crippen LogP contribution in [-0.2, 0) is 0 Å². The lowest BCUT2D eigenvalue weighted by atomic mass is 10.1. The van der Waals surface area contributed by atoms with Crippen LogP contribution in [0.2, 0.25) is 10.0 Å². The zero-order chi connectivity index (χ0) is 21.3. The minimum atomic E-state index is -0.486. The van der Waals surface area contributed by atoms with Crippen LogP contribution in [0.3, 0.4) is 0 Å². The summed E-state index contributed by atoms with van der Waals surface area (Å²) in [4.78, 5) is 43.8. The van der Waals surface area contributed by atoms with Crippen molar-refractivity contribution in [2.75, 3.05) is 26.2 Å². The van der Waals surface area contributed by atoms with E-state index in [0.717, 1.165) is 0 Å². The standard InChI is InChI=1S/C21H17Cl2N3O4/c22-13-3-4-14(16(23)12-13)20(28)25-7-9-26(10-8-25)21(29)15-5-6-17(24-19(15)27)18-2-1-11-30-18/h1-6,11-12H,7-10H2,(H,24,27). The molecule has 2 amide bonds. The minimum absolute atomic E-state index is 0.0471. The van der Waals surface area contributed by atoms with E-state index in [4.69, 9.17) is 27.6 Å². The molecule has 4 rings (SSSR count). The summed E-state index contributed by atoms with van der Waals surface area (Å²) >= 11 is 12.0. The molecule has 0 unspecified atom stereocenters. The van der Waals surface area contributed by atoms with Gasteiger partial charge in [0.2, 0.25) is 0 Å². The lowest BCUT2D eigenvalue weighted by Crippen LogP contribution is -2.51. The number of aromatic amines is 1. The molecule has 1 aliphatic rings. The summed E-state index contributed by atoms with van der Waals surface area (Å²) in [7, 11) is 0. The van der Waals surface area contributed by atoms with Crippen molar-refractivity contribution in [3.63, 3.8) is 0 Å². The second-order valence-electron chi connectivity index (χ2n) is 6.80. The summed E-state index contributed by atoms with van der Waals surface area (Å²) < 4.78 is 5.26. The molecular weight excluding hydrogens is 429 g/mol. The van der Waals surface area contributed by atoms with Crippen molar-refractivity contribution < 1.29 is 14.0 Å². The molecule has 30 heavy (non-hydrogen) atoms. The fourth-order valence-corrected chi connectivity index (χ4v) is 3.82. The fraction of sp³-hybridized carbons (Fsp3) is 0.190. The fourth-order valence-electron chi connectivity index (χ4n) is 3.33. The predicted molar refractivity (Wildman–Crippen MR) is 113 cm³/mol. The SMILES string of the molecule is O=C(c1ccc(Cl)cc1Cl)N1CCN(C(=O)c2ccc(-c3ccco3)[nH]c2=O)CC1. The first-order valence-electron chi connectivity index (χ1n) is 9.25. The summed E-state index contributed by atoms with van der Waals surface area (Å²) in [6, 6.07) is 11.3. The van der Waals surface area contributed by atoms with E-state index in [-0.39, 0.29) is 22.4 Å². The first kappa shape index (κ1) is 20.3. The lowest BCUT2D eigenvalue weighted by molar-refractivity contribution is 0.0534. The van der Waals surface area contributed by atoms with Crippen molar-refractivity contribution in [1.29, 1.82) is 0 Å². The third-order valence-corrected chi connectivity index (χ3v) is 5.49. The molecular formula is C21H17Cl2N3O4. The summed E-state index contributed by atoms with van der Waals surface area (Å²) in [5, 5.41) is 0.740. The van der Waals surface area contributed by atoms with Crippen molar-refractivity contribution in [3.8, 4) is 11.5 Å². The number of hydrogen-bond donors (Lipinski definition) is 1. The molecule has 3 aromatic rings. The molecule has 7 nitrogen and oxygen atoms in total. The van der Waals surface area contributed by atoms with Gasteiger partial charge in [-0.1, -0.05) is 23.2 Å². The molecule has 0 atom stereocenters. The smallest absolute Gasteiger partial charge is 0.261 e. The van der Waals surface area contributed by atoms with Crippen LogP contribution in [0.5, 0.6) is 0 Å². The van der Waals surface area contributed by atoms with Gasteiger partial charge in [-0.2, -0.15) is 0 Å². The van der Waals surface area contributed by atoms with E-state index in [9.17, 15) is 14.4 Å². The van der Waals surface area contributed by atoms with E-state index in [1.54, 1.807) is 40.1 Å². The third kappa shape index (κ3) is 3.99. The van der Waals surface area contributed by atoms with Crippen molar-refractivity contribution in [2.24, 2.45) is 0 Å². The van der Waals surface area contributed by atoms with Gasteiger partial charge in [0.05, 0.1) is 22.5 Å². The molecule has 1 fully saturated rings. The summed E-state index contributed by atoms with van der Waals surface area (Å²) in [6.45, 7) is 1.31. The van der Waals surface area contributed by atoms with E-state index in [0.29, 0.717) is 48.2 Å². The number of aromatic nitrogens is 1. The Labute approximate surface area is 181 Å². The highest BCUT2D eigenvalue weighted by molar-refractivity contribution is 6.36. The van der Waals surface area contributed by atoms with Crippen molar-refractivity contribution >= 4 is 35.0 Å². The minimum Gasteiger partial charge on any atom is -0.463 e. The molecule has 1 aromatic carbocycles. The lowest BCUT2D eigenvalue weighted by Gasteiger charge is -2.34. The molecule has 0 bridgehead atoms. The van der Waals surface area contributed by atoms with E-state index in [1.807, 2.05) is 0 Å². The number of amides is 2. The highest BCUT2D eigenvalue weighted by atomic mass is 35.5. The van der Waals surface area contributed by atoms with Crippen LogP contribution in [-0.4, -0.2) is 52.8 Å². The Morgan fingerprint density at radius 2 is 1.53 bits per heavy atom. The molecule has 9 heteroatoms. The second kappa shape index (κ2) is 8.38. The predicted octanol–water partition coefficient (Wildman–Crippen LogP) is 3.54. The van der Waals surface area contributed by atoms with E-state index >= 15 is 0 Å². The Bertz CT molecular complexity index is 1150. The highest BCUT2D eigenvalue weighted by Crippen LogP contribution is 2.23. The number of carbonyl (C=O) groups excluding carboxylic acids is 2. The Morgan fingerprint density at radius 3 is 2.10 bits per heavy atom. The average Bonchev–Trinajstić information content (AvgIpc) is 3.28. The number of carbonyl (C=O) groups is 2. The summed E-state index contributed by atoms with van der Waals surface area (Å²) in [5.74, 6) is -0.0811. The molecule has 0 radical (unpaired) electrons. The van der Waals surface area contributed by atoms with Gasteiger partial charge in [0, 0.05) is 31.2 Å². The first-order valence-corrected chi connectivity index (χ1v) is 10.0. The topological polar surface area (TPSA) is 86.6 Å². The molecule has 0 spiro atoms. The van der Waals surface area contributed by atoms with Crippen LogP contribution in [0.15, 0.2) is 57.9 Å². The Kier molecular flexibility index (Phi) is 5.65. The maximum atomic E-state index is 12.8. The maximum absolute atomic E-state index is 12.8. The molecule has 0 aliphatic carbocycles. The van der Waals surface area contributed by atoms with Gasteiger partial charge in [-0.3, -0.25) is 14.4 Å². The van der Waals surface area contributed by atoms with E-state index in [1.165, 1.54) is 18.4 Å². The van der Waals surface area contributed by atoms with Crippen LogP contribution in [0.1, 0.15) is 20.7 Å². The van der Waals surface area contributed by atoms with Gasteiger partial charge in [0.15, 0.2) is 0 Å². The van der Waals surface area contributed by atoms with Gasteiger partial charge >= 0.3 is 0 Å². The molecule has 0 saturated carbocycles. The van der Waals surface area contributed by atoms with Gasteiger partial charge in [0.25, 0.3) is 17.4 Å². The normalized spacial score (nSPS) is 14.1. The number of piperazine rings is 1. The summed E-state index contributed by atoms with van der Waals surface area (Å²) in [6.07, 6.45) is 1.50. The van der Waals surface area contributed by atoms with Gasteiger partial charge in [-0.25, -0.2) is 0 Å². The average molecular weight is 446 g/mol. The number of H-pyrrole nitrogens is 1. The largest absolute Gasteiger partial charge is 0.463 e.